The molecular weight excluding hydrogens is 343 g/mol. The summed E-state index contributed by atoms with van der Waals surface area (Å²) in [5.41, 5.74) is 0. The van der Waals surface area contributed by atoms with Crippen LogP contribution in [0.2, 0.25) is 0 Å². The second kappa shape index (κ2) is 7.03. The Bertz CT molecular complexity index is 740. The number of hydrogen-bond donors (Lipinski definition) is 0. The first kappa shape index (κ1) is 18.3. The molecule has 3 rings (SSSR count). The van der Waals surface area contributed by atoms with Gasteiger partial charge in [0.1, 0.15) is 10.7 Å². The van der Waals surface area contributed by atoms with Gasteiger partial charge in [-0.25, -0.2) is 12.8 Å². The molecule has 0 radical (unpaired) electrons. The minimum absolute atomic E-state index is 0.0994. The number of nitrogens with zero attached hydrogens (tertiary/aromatic N) is 2. The van der Waals surface area contributed by atoms with Gasteiger partial charge in [-0.3, -0.25) is 4.79 Å². The van der Waals surface area contributed by atoms with Gasteiger partial charge in [-0.2, -0.15) is 4.31 Å². The zero-order valence-corrected chi connectivity index (χ0v) is 15.5. The molecule has 0 bridgehead atoms. The molecule has 25 heavy (non-hydrogen) atoms. The predicted molar refractivity (Wildman–Crippen MR) is 92.8 cm³/mol. The number of amides is 1. The van der Waals surface area contributed by atoms with Crippen LogP contribution in [0.15, 0.2) is 29.2 Å². The molecular formula is C18H25FN2O3S. The lowest BCUT2D eigenvalue weighted by atomic mass is 9.96. The topological polar surface area (TPSA) is 57.7 Å². The molecule has 2 aliphatic rings. The Morgan fingerprint density at radius 2 is 1.80 bits per heavy atom. The van der Waals surface area contributed by atoms with E-state index in [-0.39, 0.29) is 35.9 Å². The van der Waals surface area contributed by atoms with E-state index < -0.39 is 15.8 Å². The van der Waals surface area contributed by atoms with E-state index in [0.29, 0.717) is 18.8 Å². The zero-order chi connectivity index (χ0) is 18.2. The van der Waals surface area contributed by atoms with Crippen LogP contribution >= 0.6 is 0 Å². The Hall–Kier alpha value is -1.47. The van der Waals surface area contributed by atoms with E-state index in [1.807, 2.05) is 11.9 Å². The van der Waals surface area contributed by atoms with Gasteiger partial charge in [-0.05, 0) is 50.7 Å². The highest BCUT2D eigenvalue weighted by atomic mass is 32.2. The van der Waals surface area contributed by atoms with Gasteiger partial charge in [0.25, 0.3) is 0 Å². The normalized spacial score (nSPS) is 21.1. The van der Waals surface area contributed by atoms with Crippen molar-refractivity contribution in [2.75, 3.05) is 20.1 Å². The molecule has 0 spiro atoms. The summed E-state index contributed by atoms with van der Waals surface area (Å²) in [4.78, 5) is 14.2. The van der Waals surface area contributed by atoms with Crippen molar-refractivity contribution in [3.8, 4) is 0 Å². The maximum absolute atomic E-state index is 13.9. The van der Waals surface area contributed by atoms with Gasteiger partial charge in [0, 0.05) is 32.1 Å². The summed E-state index contributed by atoms with van der Waals surface area (Å²) in [7, 11) is -2.01. The molecule has 1 amide bonds. The molecule has 7 heteroatoms. The Kier molecular flexibility index (Phi) is 5.16. The number of sulfonamides is 1. The molecule has 1 saturated heterocycles. The fourth-order valence-electron chi connectivity index (χ4n) is 3.52. The Balaban J connectivity index is 1.63. The third-order valence-corrected chi connectivity index (χ3v) is 7.45. The standard InChI is InChI=1S/C18H25FN2O3S/c1-13(14-7-8-14)20(2)18(22)15-9-11-21(12-10-15)25(23,24)17-6-4-3-5-16(17)19/h3-6,13-15H,7-12H2,1-2H3. The van der Waals surface area contributed by atoms with Crippen LogP contribution in [0.25, 0.3) is 0 Å². The maximum Gasteiger partial charge on any atom is 0.245 e. The predicted octanol–water partition coefficient (Wildman–Crippen LogP) is 2.48. The largest absolute Gasteiger partial charge is 0.343 e. The second-order valence-corrected chi connectivity index (χ2v) is 9.04. The van der Waals surface area contributed by atoms with Crippen molar-refractivity contribution in [2.24, 2.45) is 11.8 Å². The van der Waals surface area contributed by atoms with E-state index in [1.54, 1.807) is 0 Å². The lowest BCUT2D eigenvalue weighted by molar-refractivity contribution is -0.137. The first-order chi connectivity index (χ1) is 11.8. The van der Waals surface area contributed by atoms with E-state index >= 15 is 0 Å². The fraction of sp³-hybridized carbons (Fsp3) is 0.611. The molecule has 0 N–H and O–H groups in total. The number of carbonyl (C=O) groups excluding carboxylic acids is 1. The van der Waals surface area contributed by atoms with Crippen LogP contribution in [0.3, 0.4) is 0 Å². The van der Waals surface area contributed by atoms with Crippen LogP contribution in [-0.4, -0.2) is 49.7 Å². The van der Waals surface area contributed by atoms with Crippen molar-refractivity contribution in [3.05, 3.63) is 30.1 Å². The molecule has 138 valence electrons. The molecule has 1 aromatic rings. The van der Waals surface area contributed by atoms with Crippen molar-refractivity contribution in [1.82, 2.24) is 9.21 Å². The highest BCUT2D eigenvalue weighted by Crippen LogP contribution is 2.35. The van der Waals surface area contributed by atoms with Crippen molar-refractivity contribution in [2.45, 2.75) is 43.5 Å². The number of rotatable bonds is 5. The summed E-state index contributed by atoms with van der Waals surface area (Å²) < 4.78 is 40.4. The van der Waals surface area contributed by atoms with Gasteiger partial charge in [-0.1, -0.05) is 12.1 Å². The van der Waals surface area contributed by atoms with Crippen LogP contribution < -0.4 is 0 Å². The summed E-state index contributed by atoms with van der Waals surface area (Å²) >= 11 is 0. The SMILES string of the molecule is CC(C1CC1)N(C)C(=O)C1CCN(S(=O)(=O)c2ccccc2F)CC1. The molecule has 1 unspecified atom stereocenters. The van der Waals surface area contributed by atoms with Gasteiger partial charge in [0.2, 0.25) is 15.9 Å². The quantitative estimate of drug-likeness (QED) is 0.802. The van der Waals surface area contributed by atoms with Crippen molar-refractivity contribution in [1.29, 1.82) is 0 Å². The van der Waals surface area contributed by atoms with Gasteiger partial charge >= 0.3 is 0 Å². The molecule has 1 heterocycles. The molecule has 1 aliphatic carbocycles. The van der Waals surface area contributed by atoms with Gasteiger partial charge in [-0.15, -0.1) is 0 Å². The Morgan fingerprint density at radius 1 is 1.20 bits per heavy atom. The molecule has 5 nitrogen and oxygen atoms in total. The number of hydrogen-bond acceptors (Lipinski definition) is 3. The first-order valence-corrected chi connectivity index (χ1v) is 10.3. The number of halogens is 1. The van der Waals surface area contributed by atoms with E-state index in [4.69, 9.17) is 0 Å². The summed E-state index contributed by atoms with van der Waals surface area (Å²) in [5, 5.41) is 0. The smallest absolute Gasteiger partial charge is 0.245 e. The summed E-state index contributed by atoms with van der Waals surface area (Å²) in [5.74, 6) is -0.185. The van der Waals surface area contributed by atoms with Crippen LogP contribution in [-0.2, 0) is 14.8 Å². The van der Waals surface area contributed by atoms with Crippen molar-refractivity contribution < 1.29 is 17.6 Å². The molecule has 2 fully saturated rings. The summed E-state index contributed by atoms with van der Waals surface area (Å²) in [6, 6.07) is 5.66. The lowest BCUT2D eigenvalue weighted by Crippen LogP contribution is -2.46. The van der Waals surface area contributed by atoms with Gasteiger partial charge in [0.15, 0.2) is 0 Å². The Morgan fingerprint density at radius 3 is 2.36 bits per heavy atom. The van der Waals surface area contributed by atoms with Crippen LogP contribution in [0.5, 0.6) is 0 Å². The van der Waals surface area contributed by atoms with Gasteiger partial charge < -0.3 is 4.90 Å². The molecule has 1 atom stereocenters. The van der Waals surface area contributed by atoms with Crippen molar-refractivity contribution >= 4 is 15.9 Å². The van der Waals surface area contributed by atoms with E-state index in [1.165, 1.54) is 35.3 Å². The molecule has 1 aliphatic heterocycles. The van der Waals surface area contributed by atoms with E-state index in [2.05, 4.69) is 6.92 Å². The zero-order valence-electron chi connectivity index (χ0n) is 14.7. The van der Waals surface area contributed by atoms with Crippen LogP contribution in [0.1, 0.15) is 32.6 Å². The minimum Gasteiger partial charge on any atom is -0.343 e. The molecule has 1 saturated carbocycles. The highest BCUT2D eigenvalue weighted by Gasteiger charge is 2.37. The summed E-state index contributed by atoms with van der Waals surface area (Å²) in [6.45, 7) is 2.57. The molecule has 0 aromatic heterocycles. The van der Waals surface area contributed by atoms with E-state index in [9.17, 15) is 17.6 Å². The fourth-order valence-corrected chi connectivity index (χ4v) is 5.05. The lowest BCUT2D eigenvalue weighted by Gasteiger charge is -2.34. The minimum atomic E-state index is -3.85. The van der Waals surface area contributed by atoms with Crippen LogP contribution in [0, 0.1) is 17.7 Å². The average molecular weight is 368 g/mol. The maximum atomic E-state index is 13.9. The average Bonchev–Trinajstić information content (AvgIpc) is 3.45. The third kappa shape index (κ3) is 3.72. The number of carbonyl (C=O) groups is 1. The first-order valence-electron chi connectivity index (χ1n) is 8.83. The van der Waals surface area contributed by atoms with Crippen molar-refractivity contribution in [3.63, 3.8) is 0 Å². The molecule has 1 aromatic carbocycles. The monoisotopic (exact) mass is 368 g/mol. The van der Waals surface area contributed by atoms with Crippen LogP contribution in [0.4, 0.5) is 4.39 Å². The Labute approximate surface area is 148 Å². The van der Waals surface area contributed by atoms with Gasteiger partial charge in [0.05, 0.1) is 0 Å². The number of benzene rings is 1. The third-order valence-electron chi connectivity index (χ3n) is 5.52. The number of piperidine rings is 1. The summed E-state index contributed by atoms with van der Waals surface area (Å²) in [6.07, 6.45) is 3.32. The van der Waals surface area contributed by atoms with E-state index in [0.717, 1.165) is 6.07 Å². The second-order valence-electron chi connectivity index (χ2n) is 7.14. The highest BCUT2D eigenvalue weighted by molar-refractivity contribution is 7.89.